The Hall–Kier alpha value is -0.700. The summed E-state index contributed by atoms with van der Waals surface area (Å²) < 4.78 is 28.1. The first-order valence-electron chi connectivity index (χ1n) is 8.56. The largest absolute Gasteiger partial charge is 0.354 e. The molecule has 2 saturated heterocycles. The first-order valence-corrected chi connectivity index (χ1v) is 9.96. The molecule has 8 heteroatoms. The zero-order valence-electron chi connectivity index (χ0n) is 14.4. The Morgan fingerprint density at radius 2 is 2.09 bits per heavy atom. The topological polar surface area (TPSA) is 81.8 Å². The lowest BCUT2D eigenvalue weighted by Crippen LogP contribution is -2.50. The van der Waals surface area contributed by atoms with Gasteiger partial charge in [0.05, 0.1) is 6.04 Å². The predicted octanol–water partition coefficient (Wildman–Crippen LogP) is 0.152. The molecule has 2 atom stereocenters. The Labute approximate surface area is 140 Å². The summed E-state index contributed by atoms with van der Waals surface area (Å²) in [5.74, 6) is 0.228. The van der Waals surface area contributed by atoms with Crippen LogP contribution in [0.2, 0.25) is 0 Å². The van der Waals surface area contributed by atoms with Crippen molar-refractivity contribution in [1.29, 1.82) is 0 Å². The van der Waals surface area contributed by atoms with Crippen LogP contribution in [-0.2, 0) is 15.0 Å². The van der Waals surface area contributed by atoms with Crippen LogP contribution in [0.3, 0.4) is 0 Å². The fraction of sp³-hybridized carbons (Fsp3) is 0.933. The lowest BCUT2D eigenvalue weighted by Gasteiger charge is -2.35. The van der Waals surface area contributed by atoms with Crippen LogP contribution >= 0.6 is 0 Å². The van der Waals surface area contributed by atoms with E-state index in [1.807, 2.05) is 13.8 Å². The summed E-state index contributed by atoms with van der Waals surface area (Å²) in [5.41, 5.74) is 0. The van der Waals surface area contributed by atoms with Gasteiger partial charge in [-0.1, -0.05) is 0 Å². The van der Waals surface area contributed by atoms with Crippen LogP contribution in [-0.4, -0.2) is 68.2 Å². The van der Waals surface area contributed by atoms with E-state index in [4.69, 9.17) is 0 Å². The van der Waals surface area contributed by atoms with E-state index in [0.29, 0.717) is 19.6 Å². The lowest BCUT2D eigenvalue weighted by molar-refractivity contribution is -0.123. The average Bonchev–Trinajstić information content (AvgIpc) is 3.06. The molecule has 0 saturated carbocycles. The van der Waals surface area contributed by atoms with Crippen LogP contribution in [0, 0.1) is 5.92 Å². The third kappa shape index (κ3) is 4.65. The molecule has 0 radical (unpaired) electrons. The van der Waals surface area contributed by atoms with Crippen molar-refractivity contribution in [3.8, 4) is 0 Å². The van der Waals surface area contributed by atoms with Crippen molar-refractivity contribution in [2.75, 3.05) is 33.2 Å². The number of nitrogens with zero attached hydrogens (tertiary/aromatic N) is 2. The predicted molar refractivity (Wildman–Crippen MR) is 90.2 cm³/mol. The number of hydrogen-bond donors (Lipinski definition) is 2. The number of hydrogen-bond acceptors (Lipinski definition) is 4. The molecule has 2 aliphatic rings. The third-order valence-corrected chi connectivity index (χ3v) is 6.97. The van der Waals surface area contributed by atoms with E-state index in [-0.39, 0.29) is 23.9 Å². The molecule has 7 nitrogen and oxygen atoms in total. The number of piperidine rings is 1. The van der Waals surface area contributed by atoms with Gasteiger partial charge in [0.1, 0.15) is 0 Å². The quantitative estimate of drug-likeness (QED) is 0.717. The molecule has 2 unspecified atom stereocenters. The summed E-state index contributed by atoms with van der Waals surface area (Å²) in [6, 6.07) is -0.140. The summed E-state index contributed by atoms with van der Waals surface area (Å²) in [5, 5.41) is 6.16. The minimum absolute atomic E-state index is 0.0433. The Balaban J connectivity index is 1.86. The second kappa shape index (κ2) is 7.92. The van der Waals surface area contributed by atoms with Gasteiger partial charge in [0, 0.05) is 32.7 Å². The van der Waals surface area contributed by atoms with Gasteiger partial charge in [-0.15, -0.1) is 0 Å². The maximum absolute atomic E-state index is 12.6. The van der Waals surface area contributed by atoms with E-state index in [9.17, 15) is 13.2 Å². The number of rotatable bonds is 6. The Morgan fingerprint density at radius 3 is 2.70 bits per heavy atom. The Morgan fingerprint density at radius 1 is 1.35 bits per heavy atom. The molecular formula is C15H30N4O3S. The van der Waals surface area contributed by atoms with Gasteiger partial charge in [-0.3, -0.25) is 4.79 Å². The van der Waals surface area contributed by atoms with Gasteiger partial charge >= 0.3 is 0 Å². The van der Waals surface area contributed by atoms with Crippen LogP contribution in [0.25, 0.3) is 0 Å². The van der Waals surface area contributed by atoms with Crippen molar-refractivity contribution in [1.82, 2.24) is 19.2 Å². The van der Waals surface area contributed by atoms with E-state index in [2.05, 4.69) is 10.6 Å². The number of carbonyl (C=O) groups excluding carboxylic acids is 1. The molecule has 0 aromatic heterocycles. The van der Waals surface area contributed by atoms with Gasteiger partial charge in [0.2, 0.25) is 5.91 Å². The highest BCUT2D eigenvalue weighted by Crippen LogP contribution is 2.21. The molecule has 2 fully saturated rings. The number of amides is 1. The zero-order valence-corrected chi connectivity index (χ0v) is 15.2. The molecule has 2 aliphatic heterocycles. The molecule has 134 valence electrons. The monoisotopic (exact) mass is 346 g/mol. The Kier molecular flexibility index (Phi) is 6.41. The van der Waals surface area contributed by atoms with Crippen LogP contribution in [0.5, 0.6) is 0 Å². The summed E-state index contributed by atoms with van der Waals surface area (Å²) in [6.45, 7) is 6.23. The molecule has 0 aliphatic carbocycles. The summed E-state index contributed by atoms with van der Waals surface area (Å²) in [6.07, 6.45) is 3.72. The summed E-state index contributed by atoms with van der Waals surface area (Å²) in [4.78, 5) is 12.1. The molecule has 2 N–H and O–H groups in total. The van der Waals surface area contributed by atoms with Crippen LogP contribution in [0.15, 0.2) is 0 Å². The minimum Gasteiger partial charge on any atom is -0.354 e. The second-order valence-electron chi connectivity index (χ2n) is 6.88. The zero-order chi connectivity index (χ0) is 17.0. The normalized spacial score (nSPS) is 26.8. The van der Waals surface area contributed by atoms with Gasteiger partial charge in [0.25, 0.3) is 10.2 Å². The molecule has 0 aromatic rings. The fourth-order valence-corrected chi connectivity index (χ4v) is 4.78. The van der Waals surface area contributed by atoms with E-state index < -0.39 is 10.2 Å². The number of carbonyl (C=O) groups is 1. The van der Waals surface area contributed by atoms with E-state index in [0.717, 1.165) is 32.2 Å². The number of nitrogens with one attached hydrogen (secondary N) is 2. The Bertz CT molecular complexity index is 503. The van der Waals surface area contributed by atoms with Crippen LogP contribution in [0.1, 0.15) is 39.5 Å². The average molecular weight is 346 g/mol. The lowest BCUT2D eigenvalue weighted by atomic mass is 9.99. The van der Waals surface area contributed by atoms with Crippen molar-refractivity contribution < 1.29 is 13.2 Å². The maximum atomic E-state index is 12.6. The highest BCUT2D eigenvalue weighted by molar-refractivity contribution is 7.86. The standard InChI is InChI=1S/C15H30N4O3S/c1-12(2)18(3)23(21,22)19-9-5-6-13(11-19)10-17-15(20)14-7-4-8-16-14/h12-14,16H,4-11H2,1-3H3,(H,17,20). The van der Waals surface area contributed by atoms with Crippen molar-refractivity contribution in [3.05, 3.63) is 0 Å². The maximum Gasteiger partial charge on any atom is 0.281 e. The second-order valence-corrected chi connectivity index (χ2v) is 8.87. The fourth-order valence-electron chi connectivity index (χ4n) is 3.13. The third-order valence-electron chi connectivity index (χ3n) is 4.84. The molecule has 0 spiro atoms. The van der Waals surface area contributed by atoms with E-state index >= 15 is 0 Å². The van der Waals surface area contributed by atoms with Crippen molar-refractivity contribution >= 4 is 16.1 Å². The summed E-state index contributed by atoms with van der Waals surface area (Å²) in [7, 11) is -1.78. The molecule has 2 heterocycles. The molecule has 1 amide bonds. The van der Waals surface area contributed by atoms with Crippen molar-refractivity contribution in [2.45, 2.75) is 51.6 Å². The van der Waals surface area contributed by atoms with Gasteiger partial charge in [0.15, 0.2) is 0 Å². The molecular weight excluding hydrogens is 316 g/mol. The van der Waals surface area contributed by atoms with Crippen LogP contribution < -0.4 is 10.6 Å². The molecule has 0 bridgehead atoms. The summed E-state index contributed by atoms with van der Waals surface area (Å²) >= 11 is 0. The van der Waals surface area contributed by atoms with E-state index in [1.165, 1.54) is 4.31 Å². The highest BCUT2D eigenvalue weighted by atomic mass is 32.2. The van der Waals surface area contributed by atoms with Gasteiger partial charge < -0.3 is 10.6 Å². The highest BCUT2D eigenvalue weighted by Gasteiger charge is 2.33. The van der Waals surface area contributed by atoms with Crippen LogP contribution in [0.4, 0.5) is 0 Å². The van der Waals surface area contributed by atoms with Gasteiger partial charge in [-0.25, -0.2) is 0 Å². The smallest absolute Gasteiger partial charge is 0.281 e. The molecule has 2 rings (SSSR count). The first-order chi connectivity index (χ1) is 10.8. The van der Waals surface area contributed by atoms with Crippen molar-refractivity contribution in [2.24, 2.45) is 5.92 Å². The van der Waals surface area contributed by atoms with Crippen molar-refractivity contribution in [3.63, 3.8) is 0 Å². The van der Waals surface area contributed by atoms with Gasteiger partial charge in [-0.2, -0.15) is 17.0 Å². The van der Waals surface area contributed by atoms with Gasteiger partial charge in [-0.05, 0) is 52.0 Å². The van der Waals surface area contributed by atoms with E-state index in [1.54, 1.807) is 11.4 Å². The first kappa shape index (κ1) is 18.6. The molecule has 0 aromatic carbocycles. The SMILES string of the molecule is CC(C)N(C)S(=O)(=O)N1CCCC(CNC(=O)C2CCCN2)C1. The molecule has 23 heavy (non-hydrogen) atoms. The minimum atomic E-state index is -3.41.